The first kappa shape index (κ1) is 22.2. The van der Waals surface area contributed by atoms with Gasteiger partial charge in [-0.15, -0.1) is 0 Å². The molecule has 1 fully saturated rings. The number of hydrogen-bond acceptors (Lipinski definition) is 5. The number of pyridine rings is 1. The Labute approximate surface area is 200 Å². The van der Waals surface area contributed by atoms with Crippen molar-refractivity contribution in [1.29, 1.82) is 0 Å². The predicted molar refractivity (Wildman–Crippen MR) is 140 cm³/mol. The maximum atomic E-state index is 6.37. The molecular formula is C27H33N5S. The minimum atomic E-state index is 0.513. The number of para-hydroxylation sites is 1. The van der Waals surface area contributed by atoms with Crippen molar-refractivity contribution in [3.63, 3.8) is 0 Å². The summed E-state index contributed by atoms with van der Waals surface area (Å²) in [7, 11) is 0. The van der Waals surface area contributed by atoms with Crippen LogP contribution in [0.25, 0.3) is 21.9 Å². The first-order chi connectivity index (χ1) is 16.2. The first-order valence-corrected chi connectivity index (χ1v) is 13.2. The third-order valence-electron chi connectivity index (χ3n) is 6.52. The van der Waals surface area contributed by atoms with Gasteiger partial charge in [0.15, 0.2) is 11.0 Å². The second kappa shape index (κ2) is 10.1. The van der Waals surface area contributed by atoms with Crippen molar-refractivity contribution in [1.82, 2.24) is 19.4 Å². The fourth-order valence-corrected chi connectivity index (χ4v) is 5.74. The lowest BCUT2D eigenvalue weighted by atomic mass is 10.1. The second-order valence-corrected chi connectivity index (χ2v) is 10.1. The highest BCUT2D eigenvalue weighted by Gasteiger charge is 2.18. The van der Waals surface area contributed by atoms with E-state index in [1.54, 1.807) is 0 Å². The van der Waals surface area contributed by atoms with E-state index in [1.807, 2.05) is 23.9 Å². The van der Waals surface area contributed by atoms with Crippen molar-refractivity contribution in [2.75, 3.05) is 24.6 Å². The van der Waals surface area contributed by atoms with Crippen molar-refractivity contribution in [2.45, 2.75) is 57.3 Å². The van der Waals surface area contributed by atoms with Gasteiger partial charge in [-0.1, -0.05) is 74.0 Å². The van der Waals surface area contributed by atoms with E-state index < -0.39 is 0 Å². The van der Waals surface area contributed by atoms with Crippen LogP contribution in [0, 0.1) is 0 Å². The van der Waals surface area contributed by atoms with Crippen LogP contribution in [0.2, 0.25) is 0 Å². The van der Waals surface area contributed by atoms with Crippen LogP contribution in [0.3, 0.4) is 0 Å². The number of nitrogens with zero attached hydrogens (tertiary/aromatic N) is 4. The van der Waals surface area contributed by atoms with Crippen LogP contribution in [0.1, 0.15) is 50.2 Å². The number of nitrogen functional groups attached to an aromatic ring is 1. The number of aromatic nitrogens is 3. The lowest BCUT2D eigenvalue weighted by Crippen LogP contribution is -2.18. The Kier molecular flexibility index (Phi) is 6.83. The number of rotatable bonds is 9. The number of fused-ring (bicyclic) bond motifs is 3. The minimum absolute atomic E-state index is 0.513. The molecule has 0 aliphatic carbocycles. The fourth-order valence-electron chi connectivity index (χ4n) is 4.74. The van der Waals surface area contributed by atoms with Crippen molar-refractivity contribution in [3.05, 3.63) is 59.7 Å². The summed E-state index contributed by atoms with van der Waals surface area (Å²) in [5, 5.41) is 2.15. The Hall–Kier alpha value is -2.57. The number of thioether (sulfide) groups is 1. The van der Waals surface area contributed by atoms with Crippen LogP contribution < -0.4 is 5.73 Å². The van der Waals surface area contributed by atoms with E-state index in [-0.39, 0.29) is 0 Å². The van der Waals surface area contributed by atoms with E-state index >= 15 is 0 Å². The van der Waals surface area contributed by atoms with Crippen LogP contribution in [-0.2, 0) is 13.1 Å². The molecule has 0 amide bonds. The van der Waals surface area contributed by atoms with Crippen LogP contribution in [0.15, 0.2) is 53.7 Å². The maximum absolute atomic E-state index is 6.37. The summed E-state index contributed by atoms with van der Waals surface area (Å²) in [6, 6.07) is 17.4. The number of nitrogens with two attached hydrogens (primary N) is 1. The molecule has 2 aromatic heterocycles. The largest absolute Gasteiger partial charge is 0.382 e. The normalized spacial score (nSPS) is 14.6. The quantitative estimate of drug-likeness (QED) is 0.242. The Morgan fingerprint density at radius 1 is 0.909 bits per heavy atom. The van der Waals surface area contributed by atoms with Gasteiger partial charge in [-0.2, -0.15) is 0 Å². The number of likely N-dealkylation sites (tertiary alicyclic amines) is 1. The zero-order chi connectivity index (χ0) is 22.6. The van der Waals surface area contributed by atoms with E-state index in [9.17, 15) is 0 Å². The zero-order valence-electron chi connectivity index (χ0n) is 19.5. The average Bonchev–Trinajstić information content (AvgIpc) is 3.47. The molecule has 5 rings (SSSR count). The van der Waals surface area contributed by atoms with Gasteiger partial charge in [-0.25, -0.2) is 9.97 Å². The smallest absolute Gasteiger partial charge is 0.169 e. The first-order valence-electron chi connectivity index (χ1n) is 12.2. The third-order valence-corrected chi connectivity index (χ3v) is 7.59. The molecule has 172 valence electrons. The average molecular weight is 460 g/mol. The topological polar surface area (TPSA) is 60.0 Å². The van der Waals surface area contributed by atoms with E-state index in [4.69, 9.17) is 10.7 Å². The third kappa shape index (κ3) is 4.87. The van der Waals surface area contributed by atoms with Crippen LogP contribution >= 0.6 is 11.8 Å². The number of imidazole rings is 1. The molecule has 5 nitrogen and oxygen atoms in total. The second-order valence-electron chi connectivity index (χ2n) is 9.05. The Morgan fingerprint density at radius 3 is 2.39 bits per heavy atom. The predicted octanol–water partition coefficient (Wildman–Crippen LogP) is 6.09. The van der Waals surface area contributed by atoms with Crippen LogP contribution in [-0.4, -0.2) is 38.3 Å². The highest BCUT2D eigenvalue weighted by atomic mass is 32.2. The van der Waals surface area contributed by atoms with Gasteiger partial charge in [0.1, 0.15) is 5.52 Å². The Morgan fingerprint density at radius 2 is 1.64 bits per heavy atom. The van der Waals surface area contributed by atoms with Gasteiger partial charge in [0.2, 0.25) is 0 Å². The van der Waals surface area contributed by atoms with Gasteiger partial charge in [0.25, 0.3) is 0 Å². The molecular weight excluding hydrogens is 426 g/mol. The van der Waals surface area contributed by atoms with Crippen LogP contribution in [0.5, 0.6) is 0 Å². The highest BCUT2D eigenvalue weighted by molar-refractivity contribution is 7.99. The minimum Gasteiger partial charge on any atom is -0.382 e. The molecule has 0 atom stereocenters. The molecule has 1 aliphatic rings. The molecule has 33 heavy (non-hydrogen) atoms. The molecule has 2 N–H and O–H groups in total. The summed E-state index contributed by atoms with van der Waals surface area (Å²) in [5.74, 6) is 1.58. The Balaban J connectivity index is 1.49. The van der Waals surface area contributed by atoms with Gasteiger partial charge in [0.05, 0.1) is 17.6 Å². The van der Waals surface area contributed by atoms with Gasteiger partial charge in [-0.05, 0) is 49.5 Å². The summed E-state index contributed by atoms with van der Waals surface area (Å²) < 4.78 is 2.35. The molecule has 0 saturated carbocycles. The van der Waals surface area contributed by atoms with Crippen molar-refractivity contribution in [2.24, 2.45) is 0 Å². The fraction of sp³-hybridized carbons (Fsp3) is 0.407. The molecule has 1 saturated heterocycles. The van der Waals surface area contributed by atoms with E-state index in [1.165, 1.54) is 56.3 Å². The molecule has 0 unspecified atom stereocenters. The number of unbranched alkanes of at least 4 members (excludes halogenated alkanes) is 2. The molecule has 2 aromatic carbocycles. The van der Waals surface area contributed by atoms with E-state index in [0.717, 1.165) is 45.9 Å². The number of hydrogen-bond donors (Lipinski definition) is 1. The summed E-state index contributed by atoms with van der Waals surface area (Å²) in [6.45, 7) is 6.53. The molecule has 4 aromatic rings. The number of anilines is 1. The van der Waals surface area contributed by atoms with Gasteiger partial charge in [0, 0.05) is 17.7 Å². The zero-order valence-corrected chi connectivity index (χ0v) is 20.3. The van der Waals surface area contributed by atoms with Gasteiger partial charge >= 0.3 is 0 Å². The highest BCUT2D eigenvalue weighted by Crippen LogP contribution is 2.33. The molecule has 1 aliphatic heterocycles. The Bertz CT molecular complexity index is 1220. The van der Waals surface area contributed by atoms with Crippen molar-refractivity contribution < 1.29 is 0 Å². The van der Waals surface area contributed by atoms with Gasteiger partial charge in [-0.3, -0.25) is 4.90 Å². The van der Waals surface area contributed by atoms with Crippen LogP contribution in [0.4, 0.5) is 5.82 Å². The lowest BCUT2D eigenvalue weighted by Gasteiger charge is -2.15. The van der Waals surface area contributed by atoms with Gasteiger partial charge < -0.3 is 10.3 Å². The van der Waals surface area contributed by atoms with Crippen molar-refractivity contribution >= 4 is 39.5 Å². The summed E-state index contributed by atoms with van der Waals surface area (Å²) in [4.78, 5) is 12.1. The molecule has 3 heterocycles. The SMILES string of the molecule is CCCCCSc1nc2c(N)nc3ccccc3c2n1Cc1ccc(CN2CCCC2)cc1. The number of benzene rings is 2. The van der Waals surface area contributed by atoms with Crippen molar-refractivity contribution in [3.8, 4) is 0 Å². The lowest BCUT2D eigenvalue weighted by molar-refractivity contribution is 0.331. The summed E-state index contributed by atoms with van der Waals surface area (Å²) in [5.41, 5.74) is 11.9. The summed E-state index contributed by atoms with van der Waals surface area (Å²) >= 11 is 1.84. The molecule has 0 spiro atoms. The maximum Gasteiger partial charge on any atom is 0.169 e. The monoisotopic (exact) mass is 459 g/mol. The van der Waals surface area contributed by atoms with E-state index in [2.05, 4.69) is 57.8 Å². The standard InChI is InChI=1S/C27H33N5S/c1-2-3-8-17-33-27-30-24-25(22-9-4-5-10-23(22)29-26(24)28)32(27)19-21-13-11-20(12-14-21)18-31-15-6-7-16-31/h4-5,9-14H,2-3,6-8,15-19H2,1H3,(H2,28,29). The van der Waals surface area contributed by atoms with E-state index in [0.29, 0.717) is 5.82 Å². The molecule has 0 bridgehead atoms. The summed E-state index contributed by atoms with van der Waals surface area (Å²) in [6.07, 6.45) is 6.33. The molecule has 6 heteroatoms. The molecule has 0 radical (unpaired) electrons.